The van der Waals surface area contributed by atoms with Gasteiger partial charge in [0.2, 0.25) is 5.78 Å². The molecule has 3 aromatic rings. The number of likely N-dealkylation sites (tertiary alicyclic amines) is 1. The zero-order chi connectivity index (χ0) is 17.8. The Bertz CT molecular complexity index is 882. The maximum Gasteiger partial charge on any atom is 0.206 e. The topological polar surface area (TPSA) is 29.5 Å². The van der Waals surface area contributed by atoms with E-state index in [1.54, 1.807) is 0 Å². The number of hydrogen-bond donors (Lipinski definition) is 0. The summed E-state index contributed by atoms with van der Waals surface area (Å²) in [5, 5.41) is 1.04. The van der Waals surface area contributed by atoms with Crippen LogP contribution in [0.1, 0.15) is 34.5 Å². The van der Waals surface area contributed by atoms with Crippen LogP contribution in [0.15, 0.2) is 54.6 Å². The normalized spacial score (nSPS) is 15.2. The highest BCUT2D eigenvalue weighted by Crippen LogP contribution is 2.39. The number of piperidine rings is 1. The van der Waals surface area contributed by atoms with Gasteiger partial charge >= 0.3 is 0 Å². The summed E-state index contributed by atoms with van der Waals surface area (Å²) in [6.07, 6.45) is 3.89. The summed E-state index contributed by atoms with van der Waals surface area (Å²) in [7, 11) is 0. The first-order valence-corrected chi connectivity index (χ1v) is 10.1. The number of carbonyl (C=O) groups excluding carboxylic acids is 1. The van der Waals surface area contributed by atoms with Gasteiger partial charge in [0.05, 0.1) is 0 Å². The van der Waals surface area contributed by atoms with Crippen LogP contribution in [-0.2, 0) is 0 Å². The number of benzene rings is 2. The van der Waals surface area contributed by atoms with E-state index in [2.05, 4.69) is 11.0 Å². The van der Waals surface area contributed by atoms with E-state index < -0.39 is 0 Å². The first kappa shape index (κ1) is 17.3. The molecule has 26 heavy (non-hydrogen) atoms. The van der Waals surface area contributed by atoms with Crippen LogP contribution in [-0.4, -0.2) is 36.9 Å². The first-order chi connectivity index (χ1) is 12.8. The number of carbonyl (C=O) groups is 1. The molecule has 0 N–H and O–H groups in total. The number of nitrogens with zero attached hydrogens (tertiary/aromatic N) is 1. The second kappa shape index (κ2) is 8.02. The summed E-state index contributed by atoms with van der Waals surface area (Å²) >= 11 is 1.52. The number of ketones is 1. The van der Waals surface area contributed by atoms with E-state index in [1.807, 2.05) is 48.5 Å². The van der Waals surface area contributed by atoms with Gasteiger partial charge < -0.3 is 4.74 Å². The Kier molecular flexibility index (Phi) is 5.32. The Hall–Kier alpha value is -2.17. The van der Waals surface area contributed by atoms with E-state index in [0.717, 1.165) is 35.5 Å². The lowest BCUT2D eigenvalue weighted by Crippen LogP contribution is -2.33. The molecule has 2 heterocycles. The molecule has 0 bridgehead atoms. The summed E-state index contributed by atoms with van der Waals surface area (Å²) in [5.41, 5.74) is 0.708. The third-order valence-electron chi connectivity index (χ3n) is 4.89. The Labute approximate surface area is 158 Å². The van der Waals surface area contributed by atoms with Crippen molar-refractivity contribution in [2.24, 2.45) is 0 Å². The molecule has 0 atom stereocenters. The van der Waals surface area contributed by atoms with Crippen molar-refractivity contribution in [2.75, 3.05) is 26.2 Å². The maximum absolute atomic E-state index is 13.0. The van der Waals surface area contributed by atoms with Gasteiger partial charge in [-0.25, -0.2) is 0 Å². The van der Waals surface area contributed by atoms with Crippen LogP contribution in [0.25, 0.3) is 10.1 Å². The van der Waals surface area contributed by atoms with Gasteiger partial charge in [-0.3, -0.25) is 9.69 Å². The Morgan fingerprint density at radius 2 is 1.69 bits per heavy atom. The average Bonchev–Trinajstić information content (AvgIpc) is 3.08. The first-order valence-electron chi connectivity index (χ1n) is 9.29. The van der Waals surface area contributed by atoms with Crippen LogP contribution in [0.4, 0.5) is 0 Å². The zero-order valence-corrected chi connectivity index (χ0v) is 15.6. The summed E-state index contributed by atoms with van der Waals surface area (Å²) in [4.78, 5) is 16.2. The minimum absolute atomic E-state index is 0.0415. The molecule has 1 saturated heterocycles. The van der Waals surface area contributed by atoms with Crippen LogP contribution in [0.5, 0.6) is 5.75 Å². The van der Waals surface area contributed by atoms with Crippen LogP contribution in [0.2, 0.25) is 0 Å². The number of rotatable bonds is 6. The van der Waals surface area contributed by atoms with E-state index in [9.17, 15) is 4.79 Å². The van der Waals surface area contributed by atoms with Crippen molar-refractivity contribution in [1.29, 1.82) is 0 Å². The number of thiophene rings is 1. The number of fused-ring (bicyclic) bond motifs is 1. The van der Waals surface area contributed by atoms with Gasteiger partial charge in [-0.05, 0) is 38.1 Å². The van der Waals surface area contributed by atoms with Gasteiger partial charge in [0.1, 0.15) is 17.2 Å². The van der Waals surface area contributed by atoms with Crippen molar-refractivity contribution >= 4 is 27.2 Å². The summed E-state index contributed by atoms with van der Waals surface area (Å²) < 4.78 is 7.28. The van der Waals surface area contributed by atoms with Crippen LogP contribution in [0.3, 0.4) is 0 Å². The minimum atomic E-state index is 0.0415. The molecule has 1 aliphatic heterocycles. The van der Waals surface area contributed by atoms with E-state index in [0.29, 0.717) is 17.0 Å². The highest BCUT2D eigenvalue weighted by atomic mass is 32.1. The molecular formula is C22H23NO2S. The molecule has 1 aromatic heterocycles. The van der Waals surface area contributed by atoms with E-state index in [-0.39, 0.29) is 5.78 Å². The van der Waals surface area contributed by atoms with Crippen molar-refractivity contribution in [3.63, 3.8) is 0 Å². The zero-order valence-electron chi connectivity index (χ0n) is 14.8. The molecule has 4 heteroatoms. The molecule has 0 amide bonds. The highest BCUT2D eigenvalue weighted by Gasteiger charge is 2.21. The van der Waals surface area contributed by atoms with Crippen molar-refractivity contribution < 1.29 is 9.53 Å². The summed E-state index contributed by atoms with van der Waals surface area (Å²) in [5.74, 6) is 0.788. The van der Waals surface area contributed by atoms with Gasteiger partial charge in [0.25, 0.3) is 0 Å². The molecule has 3 nitrogen and oxygen atoms in total. The predicted molar refractivity (Wildman–Crippen MR) is 107 cm³/mol. The Morgan fingerprint density at radius 3 is 2.50 bits per heavy atom. The molecule has 0 aliphatic carbocycles. The van der Waals surface area contributed by atoms with Crippen LogP contribution < -0.4 is 4.74 Å². The third-order valence-corrected chi connectivity index (χ3v) is 6.05. The van der Waals surface area contributed by atoms with Gasteiger partial charge in [0.15, 0.2) is 0 Å². The lowest BCUT2D eigenvalue weighted by Gasteiger charge is -2.26. The second-order valence-corrected chi connectivity index (χ2v) is 7.75. The van der Waals surface area contributed by atoms with E-state index in [4.69, 9.17) is 4.74 Å². The SMILES string of the molecule is O=C(c1ccccc1)c1sc2ccccc2c1OCCN1CCCCC1. The van der Waals surface area contributed by atoms with Crippen molar-refractivity contribution in [3.8, 4) is 5.75 Å². The lowest BCUT2D eigenvalue weighted by molar-refractivity contribution is 0.103. The standard InChI is InChI=1S/C22H23NO2S/c24-20(17-9-3-1-4-10-17)22-21(18-11-5-6-12-19(18)26-22)25-16-15-23-13-7-2-8-14-23/h1,3-6,9-12H,2,7-8,13-16H2. The molecule has 0 spiro atoms. The third kappa shape index (κ3) is 3.67. The molecule has 134 valence electrons. The van der Waals surface area contributed by atoms with E-state index >= 15 is 0 Å². The van der Waals surface area contributed by atoms with Crippen molar-refractivity contribution in [1.82, 2.24) is 4.90 Å². The fraction of sp³-hybridized carbons (Fsp3) is 0.318. The van der Waals surface area contributed by atoms with E-state index in [1.165, 1.54) is 30.6 Å². The fourth-order valence-electron chi connectivity index (χ4n) is 3.50. The molecule has 1 fully saturated rings. The minimum Gasteiger partial charge on any atom is -0.490 e. The maximum atomic E-state index is 13.0. The van der Waals surface area contributed by atoms with Crippen LogP contribution >= 0.6 is 11.3 Å². The van der Waals surface area contributed by atoms with Gasteiger partial charge in [-0.1, -0.05) is 48.9 Å². The summed E-state index contributed by atoms with van der Waals surface area (Å²) in [6, 6.07) is 17.6. The van der Waals surface area contributed by atoms with Gasteiger partial charge in [-0.15, -0.1) is 11.3 Å². The van der Waals surface area contributed by atoms with Gasteiger partial charge in [0, 0.05) is 22.2 Å². The molecule has 2 aromatic carbocycles. The monoisotopic (exact) mass is 365 g/mol. The highest BCUT2D eigenvalue weighted by molar-refractivity contribution is 7.21. The lowest BCUT2D eigenvalue weighted by atomic mass is 10.1. The molecule has 1 aliphatic rings. The van der Waals surface area contributed by atoms with Crippen molar-refractivity contribution in [2.45, 2.75) is 19.3 Å². The predicted octanol–water partition coefficient (Wildman–Crippen LogP) is 5.00. The summed E-state index contributed by atoms with van der Waals surface area (Å²) in [6.45, 7) is 3.85. The van der Waals surface area contributed by atoms with Crippen LogP contribution in [0, 0.1) is 0 Å². The Balaban J connectivity index is 1.58. The molecule has 0 unspecified atom stereocenters. The Morgan fingerprint density at radius 1 is 0.962 bits per heavy atom. The van der Waals surface area contributed by atoms with Gasteiger partial charge in [-0.2, -0.15) is 0 Å². The largest absolute Gasteiger partial charge is 0.490 e. The smallest absolute Gasteiger partial charge is 0.206 e. The molecule has 4 rings (SSSR count). The molecule has 0 saturated carbocycles. The fourth-order valence-corrected chi connectivity index (χ4v) is 4.60. The molecule has 0 radical (unpaired) electrons. The quantitative estimate of drug-likeness (QED) is 0.576. The average molecular weight is 365 g/mol. The number of ether oxygens (including phenoxy) is 1. The van der Waals surface area contributed by atoms with Crippen molar-refractivity contribution in [3.05, 3.63) is 65.0 Å². The molecular weight excluding hydrogens is 342 g/mol. The second-order valence-electron chi connectivity index (χ2n) is 6.70. The number of hydrogen-bond acceptors (Lipinski definition) is 4.